The van der Waals surface area contributed by atoms with Crippen molar-refractivity contribution >= 4 is 34.4 Å². The molecule has 1 aromatic carbocycles. The van der Waals surface area contributed by atoms with E-state index in [1.807, 2.05) is 34.7 Å². The Morgan fingerprint density at radius 1 is 1.29 bits per heavy atom. The maximum Gasteiger partial charge on any atom is 0.252 e. The molecule has 8 nitrogen and oxygen atoms in total. The molecular formula is C22H25ClN6O2. The first kappa shape index (κ1) is 21.2. The second kappa shape index (κ2) is 8.63. The first-order valence-corrected chi connectivity index (χ1v) is 10.7. The van der Waals surface area contributed by atoms with Crippen LogP contribution in [-0.2, 0) is 18.3 Å². The number of hydrogen-bond acceptors (Lipinski definition) is 5. The van der Waals surface area contributed by atoms with Crippen LogP contribution in [0.3, 0.4) is 0 Å². The van der Waals surface area contributed by atoms with Crippen molar-refractivity contribution in [1.29, 1.82) is 0 Å². The summed E-state index contributed by atoms with van der Waals surface area (Å²) in [5.74, 6) is 1.14. The number of amides is 2. The molecular weight excluding hydrogens is 416 g/mol. The Balaban J connectivity index is 1.42. The van der Waals surface area contributed by atoms with Crippen LogP contribution >= 0.6 is 11.6 Å². The number of imidazole rings is 1. The highest BCUT2D eigenvalue weighted by molar-refractivity contribution is 6.31. The SMILES string of the molecule is Cc1nc(C2CCCN(C(=O)CCc3nc4cc(Cl)ccc4n3C)C2)ncc1C(N)=O. The molecule has 4 rings (SSSR count). The van der Waals surface area contributed by atoms with E-state index in [2.05, 4.69) is 15.0 Å². The number of aryl methyl sites for hydroxylation is 3. The first-order valence-electron chi connectivity index (χ1n) is 10.4. The van der Waals surface area contributed by atoms with Gasteiger partial charge in [0.15, 0.2) is 0 Å². The van der Waals surface area contributed by atoms with Gasteiger partial charge in [-0.15, -0.1) is 0 Å². The van der Waals surface area contributed by atoms with E-state index in [0.29, 0.717) is 41.5 Å². The fourth-order valence-electron chi connectivity index (χ4n) is 4.16. The van der Waals surface area contributed by atoms with Gasteiger partial charge in [0.05, 0.1) is 22.3 Å². The molecule has 0 aliphatic carbocycles. The number of nitrogens with zero attached hydrogens (tertiary/aromatic N) is 5. The molecule has 1 saturated heterocycles. The smallest absolute Gasteiger partial charge is 0.252 e. The number of piperidine rings is 1. The highest BCUT2D eigenvalue weighted by Crippen LogP contribution is 2.26. The summed E-state index contributed by atoms with van der Waals surface area (Å²) in [5.41, 5.74) is 8.08. The van der Waals surface area contributed by atoms with E-state index in [1.165, 1.54) is 6.20 Å². The number of benzene rings is 1. The standard InChI is InChI=1S/C22H25ClN6O2/c1-13-16(21(24)31)11-25-22(26-13)14-4-3-9-29(12-14)20(30)8-7-19-27-17-10-15(23)5-6-18(17)28(19)2/h5-6,10-11,14H,3-4,7-9,12H2,1-2H3,(H2,24,31). The van der Waals surface area contributed by atoms with Crippen LogP contribution in [0.2, 0.25) is 5.02 Å². The molecule has 162 valence electrons. The summed E-state index contributed by atoms with van der Waals surface area (Å²) in [6.07, 6.45) is 4.23. The summed E-state index contributed by atoms with van der Waals surface area (Å²) in [5, 5.41) is 0.647. The van der Waals surface area contributed by atoms with Crippen LogP contribution in [0.25, 0.3) is 11.0 Å². The molecule has 2 N–H and O–H groups in total. The molecule has 9 heteroatoms. The number of nitrogens with two attached hydrogens (primary N) is 1. The van der Waals surface area contributed by atoms with Crippen molar-refractivity contribution in [3.63, 3.8) is 0 Å². The lowest BCUT2D eigenvalue weighted by atomic mass is 9.96. The minimum absolute atomic E-state index is 0.0521. The summed E-state index contributed by atoms with van der Waals surface area (Å²) in [7, 11) is 1.95. The quantitative estimate of drug-likeness (QED) is 0.656. The number of fused-ring (bicyclic) bond motifs is 1. The van der Waals surface area contributed by atoms with Crippen molar-refractivity contribution in [1.82, 2.24) is 24.4 Å². The van der Waals surface area contributed by atoms with Crippen LogP contribution in [0.5, 0.6) is 0 Å². The Morgan fingerprint density at radius 3 is 2.84 bits per heavy atom. The molecule has 0 spiro atoms. The van der Waals surface area contributed by atoms with E-state index in [9.17, 15) is 9.59 Å². The zero-order valence-electron chi connectivity index (χ0n) is 17.6. The number of carbonyl (C=O) groups excluding carboxylic acids is 2. The molecule has 1 aliphatic rings. The number of halogens is 1. The van der Waals surface area contributed by atoms with Crippen molar-refractivity contribution in [3.05, 3.63) is 52.3 Å². The Hall–Kier alpha value is -3.00. The zero-order chi connectivity index (χ0) is 22.1. The van der Waals surface area contributed by atoms with Gasteiger partial charge in [0.25, 0.3) is 5.91 Å². The maximum absolute atomic E-state index is 12.9. The van der Waals surface area contributed by atoms with E-state index in [1.54, 1.807) is 6.92 Å². The summed E-state index contributed by atoms with van der Waals surface area (Å²) in [6, 6.07) is 5.62. The van der Waals surface area contributed by atoms with Gasteiger partial charge in [0.2, 0.25) is 5.91 Å². The van der Waals surface area contributed by atoms with Gasteiger partial charge in [0.1, 0.15) is 11.6 Å². The maximum atomic E-state index is 12.9. The van der Waals surface area contributed by atoms with Crippen LogP contribution in [0.1, 0.15) is 52.9 Å². The molecule has 2 amide bonds. The van der Waals surface area contributed by atoms with Crippen LogP contribution in [0.4, 0.5) is 0 Å². The van der Waals surface area contributed by atoms with Crippen molar-refractivity contribution in [2.75, 3.05) is 13.1 Å². The van der Waals surface area contributed by atoms with Crippen molar-refractivity contribution in [2.24, 2.45) is 12.8 Å². The summed E-state index contributed by atoms with van der Waals surface area (Å²) in [6.45, 7) is 3.05. The second-order valence-corrected chi connectivity index (χ2v) is 8.43. The lowest BCUT2D eigenvalue weighted by Gasteiger charge is -2.32. The molecule has 1 aliphatic heterocycles. The van der Waals surface area contributed by atoms with Gasteiger partial charge >= 0.3 is 0 Å². The lowest BCUT2D eigenvalue weighted by Crippen LogP contribution is -2.39. The average Bonchev–Trinajstić information content (AvgIpc) is 3.06. The number of hydrogen-bond donors (Lipinski definition) is 1. The summed E-state index contributed by atoms with van der Waals surface area (Å²) in [4.78, 5) is 39.7. The molecule has 3 heterocycles. The summed E-state index contributed by atoms with van der Waals surface area (Å²) < 4.78 is 2.01. The van der Waals surface area contributed by atoms with Crippen LogP contribution in [0, 0.1) is 6.92 Å². The topological polar surface area (TPSA) is 107 Å². The third-order valence-electron chi connectivity index (χ3n) is 5.90. The Labute approximate surface area is 185 Å². The number of primary amides is 1. The van der Waals surface area contributed by atoms with Gasteiger partial charge in [-0.2, -0.15) is 0 Å². The number of aromatic nitrogens is 4. The molecule has 3 aromatic rings. The third kappa shape index (κ3) is 4.39. The number of rotatable bonds is 5. The van der Waals surface area contributed by atoms with E-state index in [0.717, 1.165) is 36.2 Å². The number of carbonyl (C=O) groups is 2. The van der Waals surface area contributed by atoms with Crippen LogP contribution < -0.4 is 5.73 Å². The minimum Gasteiger partial charge on any atom is -0.365 e. The average molecular weight is 441 g/mol. The largest absolute Gasteiger partial charge is 0.365 e. The summed E-state index contributed by atoms with van der Waals surface area (Å²) >= 11 is 6.06. The number of likely N-dealkylation sites (tertiary alicyclic amines) is 1. The van der Waals surface area contributed by atoms with Gasteiger partial charge in [-0.3, -0.25) is 9.59 Å². The highest BCUT2D eigenvalue weighted by Gasteiger charge is 2.27. The molecule has 0 bridgehead atoms. The van der Waals surface area contributed by atoms with E-state index < -0.39 is 5.91 Å². The lowest BCUT2D eigenvalue weighted by molar-refractivity contribution is -0.132. The van der Waals surface area contributed by atoms with Gasteiger partial charge < -0.3 is 15.2 Å². The fraction of sp³-hybridized carbons (Fsp3) is 0.409. The Bertz CT molecular complexity index is 1160. The molecule has 1 fully saturated rings. The van der Waals surface area contributed by atoms with E-state index in [-0.39, 0.29) is 11.8 Å². The molecule has 0 saturated carbocycles. The first-order chi connectivity index (χ1) is 14.8. The predicted molar refractivity (Wildman–Crippen MR) is 118 cm³/mol. The normalized spacial score (nSPS) is 16.6. The van der Waals surface area contributed by atoms with Gasteiger partial charge in [-0.1, -0.05) is 11.6 Å². The van der Waals surface area contributed by atoms with Crippen LogP contribution in [-0.4, -0.2) is 49.3 Å². The Kier molecular flexibility index (Phi) is 5.91. The second-order valence-electron chi connectivity index (χ2n) is 7.99. The highest BCUT2D eigenvalue weighted by atomic mass is 35.5. The van der Waals surface area contributed by atoms with Crippen molar-refractivity contribution in [2.45, 2.75) is 38.5 Å². The van der Waals surface area contributed by atoms with Crippen molar-refractivity contribution < 1.29 is 9.59 Å². The zero-order valence-corrected chi connectivity index (χ0v) is 18.4. The molecule has 0 radical (unpaired) electrons. The van der Waals surface area contributed by atoms with Crippen molar-refractivity contribution in [3.8, 4) is 0 Å². The predicted octanol–water partition coefficient (Wildman–Crippen LogP) is 2.76. The molecule has 1 unspecified atom stereocenters. The van der Waals surface area contributed by atoms with Crippen LogP contribution in [0.15, 0.2) is 24.4 Å². The van der Waals surface area contributed by atoms with Gasteiger partial charge in [0, 0.05) is 50.1 Å². The van der Waals surface area contributed by atoms with E-state index in [4.69, 9.17) is 17.3 Å². The molecule has 1 atom stereocenters. The van der Waals surface area contributed by atoms with Gasteiger partial charge in [-0.25, -0.2) is 15.0 Å². The third-order valence-corrected chi connectivity index (χ3v) is 6.14. The molecule has 31 heavy (non-hydrogen) atoms. The monoisotopic (exact) mass is 440 g/mol. The fourth-order valence-corrected chi connectivity index (χ4v) is 4.33. The van der Waals surface area contributed by atoms with E-state index >= 15 is 0 Å². The van der Waals surface area contributed by atoms with Gasteiger partial charge in [-0.05, 0) is 38.0 Å². The Morgan fingerprint density at radius 2 is 2.10 bits per heavy atom. The minimum atomic E-state index is -0.534. The molecule has 2 aromatic heterocycles.